The summed E-state index contributed by atoms with van der Waals surface area (Å²) in [7, 11) is 1.90. The van der Waals surface area contributed by atoms with Crippen LogP contribution in [0.2, 0.25) is 0 Å². The minimum Gasteiger partial charge on any atom is -0.491 e. The third-order valence-corrected chi connectivity index (χ3v) is 4.50. The first-order chi connectivity index (χ1) is 12.5. The number of carboxylic acid groups (broad SMARTS) is 1. The molecule has 7 heteroatoms. The van der Waals surface area contributed by atoms with Gasteiger partial charge in [-0.05, 0) is 26.1 Å². The van der Waals surface area contributed by atoms with Crippen LogP contribution in [0.4, 0.5) is 0 Å². The van der Waals surface area contributed by atoms with Gasteiger partial charge in [-0.15, -0.1) is 0 Å². The van der Waals surface area contributed by atoms with Crippen molar-refractivity contribution in [1.82, 2.24) is 15.1 Å². The number of aromatic nitrogens is 2. The normalized spacial score (nSPS) is 16.7. The molecule has 0 fully saturated rings. The van der Waals surface area contributed by atoms with Gasteiger partial charge in [0.05, 0.1) is 24.5 Å². The van der Waals surface area contributed by atoms with Gasteiger partial charge in [-0.1, -0.05) is 24.3 Å². The first-order valence-electron chi connectivity index (χ1n) is 8.34. The molecule has 4 N–H and O–H groups in total. The van der Waals surface area contributed by atoms with Gasteiger partial charge in [0, 0.05) is 16.8 Å². The molecule has 1 aromatic carbocycles. The number of nitrogens with two attached hydrogens (primary N) is 1. The van der Waals surface area contributed by atoms with Crippen molar-refractivity contribution in [3.8, 4) is 5.75 Å². The SMILES string of the molecule is CNC1COc2cccc(/C(N)=C/C=C\Cn3ncc(C(=O)O)c3C)c21. The van der Waals surface area contributed by atoms with Crippen LogP contribution in [-0.2, 0) is 6.54 Å². The highest BCUT2D eigenvalue weighted by Gasteiger charge is 2.26. The van der Waals surface area contributed by atoms with Crippen molar-refractivity contribution < 1.29 is 14.6 Å². The topological polar surface area (TPSA) is 102 Å². The summed E-state index contributed by atoms with van der Waals surface area (Å²) in [6, 6.07) is 5.98. The Morgan fingerprint density at radius 1 is 1.50 bits per heavy atom. The second-order valence-electron chi connectivity index (χ2n) is 6.05. The highest BCUT2D eigenvalue weighted by molar-refractivity contribution is 5.88. The van der Waals surface area contributed by atoms with E-state index in [1.807, 2.05) is 43.5 Å². The van der Waals surface area contributed by atoms with Crippen LogP contribution in [0.25, 0.3) is 5.70 Å². The number of fused-ring (bicyclic) bond motifs is 1. The molecule has 1 aromatic heterocycles. The van der Waals surface area contributed by atoms with E-state index in [9.17, 15) is 4.79 Å². The molecule has 0 aliphatic carbocycles. The molecule has 3 rings (SSSR count). The predicted molar refractivity (Wildman–Crippen MR) is 99.0 cm³/mol. The number of ether oxygens (including phenoxy) is 1. The molecule has 1 aliphatic heterocycles. The Morgan fingerprint density at radius 3 is 3.00 bits per heavy atom. The Labute approximate surface area is 151 Å². The summed E-state index contributed by atoms with van der Waals surface area (Å²) in [5.41, 5.74) is 9.77. The van der Waals surface area contributed by atoms with Crippen molar-refractivity contribution in [3.05, 3.63) is 65.0 Å². The summed E-state index contributed by atoms with van der Waals surface area (Å²) in [6.45, 7) is 2.80. The highest BCUT2D eigenvalue weighted by Crippen LogP contribution is 2.36. The Morgan fingerprint density at radius 2 is 2.31 bits per heavy atom. The zero-order valence-corrected chi connectivity index (χ0v) is 14.8. The molecule has 0 bridgehead atoms. The van der Waals surface area contributed by atoms with Crippen LogP contribution < -0.4 is 15.8 Å². The summed E-state index contributed by atoms with van der Waals surface area (Å²) >= 11 is 0. The van der Waals surface area contributed by atoms with Crippen LogP contribution in [0, 0.1) is 6.92 Å². The van der Waals surface area contributed by atoms with Gasteiger partial charge in [-0.3, -0.25) is 4.68 Å². The van der Waals surface area contributed by atoms with E-state index >= 15 is 0 Å². The van der Waals surface area contributed by atoms with E-state index in [1.54, 1.807) is 11.6 Å². The Bertz CT molecular complexity index is 883. The molecular weight excluding hydrogens is 332 g/mol. The second kappa shape index (κ2) is 7.45. The molecule has 0 spiro atoms. The number of likely N-dealkylation sites (N-methyl/N-ethyl adjacent to an activating group) is 1. The Hall–Kier alpha value is -3.06. The maximum Gasteiger partial charge on any atom is 0.339 e. The number of rotatable bonds is 6. The van der Waals surface area contributed by atoms with Gasteiger partial charge in [0.1, 0.15) is 17.9 Å². The van der Waals surface area contributed by atoms with Gasteiger partial charge in [-0.25, -0.2) is 4.79 Å². The summed E-state index contributed by atoms with van der Waals surface area (Å²) < 4.78 is 7.32. The van der Waals surface area contributed by atoms with Crippen LogP contribution in [0.1, 0.15) is 33.2 Å². The number of nitrogens with zero attached hydrogens (tertiary/aromatic N) is 2. The molecule has 0 saturated heterocycles. The average Bonchev–Trinajstić information content (AvgIpc) is 3.21. The molecule has 0 saturated carbocycles. The van der Waals surface area contributed by atoms with Crippen LogP contribution in [0.15, 0.2) is 42.6 Å². The van der Waals surface area contributed by atoms with Crippen molar-refractivity contribution >= 4 is 11.7 Å². The summed E-state index contributed by atoms with van der Waals surface area (Å²) in [6.07, 6.45) is 6.92. The maximum atomic E-state index is 11.0. The summed E-state index contributed by atoms with van der Waals surface area (Å²) in [4.78, 5) is 11.0. The molecule has 7 nitrogen and oxygen atoms in total. The van der Waals surface area contributed by atoms with Crippen LogP contribution in [0.3, 0.4) is 0 Å². The molecule has 2 heterocycles. The fraction of sp³-hybridized carbons (Fsp3) is 0.263. The van der Waals surface area contributed by atoms with Crippen molar-refractivity contribution in [2.45, 2.75) is 19.5 Å². The highest BCUT2D eigenvalue weighted by atomic mass is 16.5. The Kier molecular flexibility index (Phi) is 5.09. The molecule has 1 atom stereocenters. The molecule has 136 valence electrons. The van der Waals surface area contributed by atoms with Gasteiger partial charge in [-0.2, -0.15) is 5.10 Å². The number of benzene rings is 1. The number of carboxylic acids is 1. The minimum absolute atomic E-state index is 0.123. The van der Waals surface area contributed by atoms with Gasteiger partial charge < -0.3 is 20.9 Å². The van der Waals surface area contributed by atoms with Gasteiger partial charge in [0.15, 0.2) is 0 Å². The molecule has 26 heavy (non-hydrogen) atoms. The van der Waals surface area contributed by atoms with Gasteiger partial charge in [0.25, 0.3) is 0 Å². The van der Waals surface area contributed by atoms with E-state index in [0.29, 0.717) is 24.5 Å². The molecule has 0 amide bonds. The monoisotopic (exact) mass is 354 g/mol. The first kappa shape index (κ1) is 17.8. The largest absolute Gasteiger partial charge is 0.491 e. The van der Waals surface area contributed by atoms with E-state index in [4.69, 9.17) is 15.6 Å². The molecule has 2 aromatic rings. The van der Waals surface area contributed by atoms with E-state index < -0.39 is 5.97 Å². The summed E-state index contributed by atoms with van der Waals surface area (Å²) in [5, 5.41) is 16.4. The van der Waals surface area contributed by atoms with Crippen LogP contribution >= 0.6 is 0 Å². The lowest BCUT2D eigenvalue weighted by Gasteiger charge is -2.12. The summed E-state index contributed by atoms with van der Waals surface area (Å²) in [5.74, 6) is -0.114. The lowest BCUT2D eigenvalue weighted by Crippen LogP contribution is -2.18. The number of hydrogen-bond donors (Lipinski definition) is 3. The lowest BCUT2D eigenvalue weighted by molar-refractivity contribution is 0.0696. The smallest absolute Gasteiger partial charge is 0.339 e. The lowest BCUT2D eigenvalue weighted by atomic mass is 9.99. The zero-order chi connectivity index (χ0) is 18.7. The van der Waals surface area contributed by atoms with Gasteiger partial charge >= 0.3 is 5.97 Å². The van der Waals surface area contributed by atoms with Crippen LogP contribution in [-0.4, -0.2) is 34.5 Å². The second-order valence-corrected chi connectivity index (χ2v) is 6.05. The van der Waals surface area contributed by atoms with Crippen molar-refractivity contribution in [1.29, 1.82) is 0 Å². The van der Waals surface area contributed by atoms with Gasteiger partial charge in [0.2, 0.25) is 0 Å². The van der Waals surface area contributed by atoms with Crippen molar-refractivity contribution in [2.24, 2.45) is 5.73 Å². The number of aromatic carboxylic acids is 1. The molecule has 1 unspecified atom stereocenters. The first-order valence-corrected chi connectivity index (χ1v) is 8.34. The fourth-order valence-electron chi connectivity index (χ4n) is 3.03. The van der Waals surface area contributed by atoms with Crippen molar-refractivity contribution in [2.75, 3.05) is 13.7 Å². The maximum absolute atomic E-state index is 11.0. The number of allylic oxidation sites excluding steroid dienone is 3. The van der Waals surface area contributed by atoms with Crippen LogP contribution in [0.5, 0.6) is 5.75 Å². The molecule has 1 aliphatic rings. The van der Waals surface area contributed by atoms with E-state index in [0.717, 1.165) is 16.9 Å². The fourth-order valence-corrected chi connectivity index (χ4v) is 3.03. The van der Waals surface area contributed by atoms with Crippen molar-refractivity contribution in [3.63, 3.8) is 0 Å². The average molecular weight is 354 g/mol. The van der Waals surface area contributed by atoms with E-state index in [-0.39, 0.29) is 11.6 Å². The Balaban J connectivity index is 1.75. The third-order valence-electron chi connectivity index (χ3n) is 4.50. The van der Waals surface area contributed by atoms with E-state index in [2.05, 4.69) is 10.4 Å². The van der Waals surface area contributed by atoms with E-state index in [1.165, 1.54) is 6.20 Å². The predicted octanol–water partition coefficient (Wildman–Crippen LogP) is 2.10. The molecular formula is C19H22N4O3. The standard InChI is InChI=1S/C19H22N4O3/c1-12-14(19(24)25)10-22-23(12)9-4-3-7-15(20)13-6-5-8-17-18(13)16(21-2)11-26-17/h3-8,10,16,21H,9,11,20H2,1-2H3,(H,24,25)/b4-3-,15-7-. The zero-order valence-electron chi connectivity index (χ0n) is 14.8. The number of nitrogens with one attached hydrogen (secondary N) is 1. The molecule has 0 radical (unpaired) electrons. The number of carbonyl (C=O) groups is 1. The minimum atomic E-state index is -0.971. The third kappa shape index (κ3) is 3.34. The quantitative estimate of drug-likeness (QED) is 0.687. The number of hydrogen-bond acceptors (Lipinski definition) is 5.